The first-order valence-electron chi connectivity index (χ1n) is 14.2. The van der Waals surface area contributed by atoms with Crippen LogP contribution in [-0.4, -0.2) is 70.8 Å². The largest absolute Gasteiger partial charge is 0.493 e. The number of ether oxygens (including phenoxy) is 2. The molecule has 1 aliphatic rings. The second-order valence-electron chi connectivity index (χ2n) is 10.5. The van der Waals surface area contributed by atoms with E-state index in [1.807, 2.05) is 66.7 Å². The average Bonchev–Trinajstić information content (AvgIpc) is 3.04. The number of carbonyl (C=O) groups is 1. The van der Waals surface area contributed by atoms with E-state index < -0.39 is 10.0 Å². The summed E-state index contributed by atoms with van der Waals surface area (Å²) < 4.78 is 38.6. The molecule has 224 valence electrons. The van der Waals surface area contributed by atoms with Crippen LogP contribution in [0.2, 0.25) is 0 Å². The molecular weight excluding hydrogens is 562 g/mol. The Morgan fingerprint density at radius 3 is 1.74 bits per heavy atom. The fraction of sp³-hybridized carbons (Fsp3) is 0.265. The van der Waals surface area contributed by atoms with Crippen molar-refractivity contribution in [3.05, 3.63) is 125 Å². The van der Waals surface area contributed by atoms with Crippen LogP contribution >= 0.6 is 0 Å². The normalized spacial score (nSPS) is 14.0. The molecule has 1 heterocycles. The van der Waals surface area contributed by atoms with Crippen molar-refractivity contribution in [1.29, 1.82) is 0 Å². The van der Waals surface area contributed by atoms with E-state index in [-0.39, 0.29) is 29.7 Å². The van der Waals surface area contributed by atoms with Crippen LogP contribution < -0.4 is 13.8 Å². The van der Waals surface area contributed by atoms with Crippen molar-refractivity contribution < 1.29 is 22.7 Å². The van der Waals surface area contributed by atoms with Gasteiger partial charge in [-0.15, -0.1) is 0 Å². The van der Waals surface area contributed by atoms with Gasteiger partial charge in [0.15, 0.2) is 11.5 Å². The Morgan fingerprint density at radius 2 is 1.26 bits per heavy atom. The summed E-state index contributed by atoms with van der Waals surface area (Å²) >= 11 is 0. The van der Waals surface area contributed by atoms with Gasteiger partial charge in [0.2, 0.25) is 10.0 Å². The van der Waals surface area contributed by atoms with Gasteiger partial charge in [0.25, 0.3) is 5.91 Å². The molecule has 1 amide bonds. The Balaban J connectivity index is 1.46. The number of amides is 1. The molecule has 1 saturated heterocycles. The zero-order valence-electron chi connectivity index (χ0n) is 24.7. The van der Waals surface area contributed by atoms with Gasteiger partial charge in [-0.3, -0.25) is 14.0 Å². The smallest absolute Gasteiger partial charge is 0.256 e. The summed E-state index contributed by atoms with van der Waals surface area (Å²) in [4.78, 5) is 18.4. The lowest BCUT2D eigenvalue weighted by Crippen LogP contribution is -2.50. The summed E-state index contributed by atoms with van der Waals surface area (Å²) in [5.41, 5.74) is 3.68. The standard InChI is InChI=1S/C34H37N3O5S/c1-41-31-23-29(30(24-32(31)42-2)37(43(3,39)40)25-26-13-7-4-8-14-26)34(38)36-21-19-35(20-22-36)33(27-15-9-5-10-16-27)28-17-11-6-12-18-28/h4-18,23-24,33H,19-22,25H2,1-3H3. The van der Waals surface area contributed by atoms with E-state index in [1.165, 1.54) is 29.7 Å². The van der Waals surface area contributed by atoms with Gasteiger partial charge in [-0.25, -0.2) is 8.42 Å². The minimum absolute atomic E-state index is 0.0582. The summed E-state index contributed by atoms with van der Waals surface area (Å²) in [5, 5.41) is 0. The molecule has 4 aromatic carbocycles. The topological polar surface area (TPSA) is 79.4 Å². The minimum Gasteiger partial charge on any atom is -0.493 e. The molecule has 0 aliphatic carbocycles. The molecule has 9 heteroatoms. The monoisotopic (exact) mass is 599 g/mol. The molecular formula is C34H37N3O5S. The molecule has 0 bridgehead atoms. The number of sulfonamides is 1. The minimum atomic E-state index is -3.77. The molecule has 0 radical (unpaired) electrons. The fourth-order valence-electron chi connectivity index (χ4n) is 5.61. The van der Waals surface area contributed by atoms with Crippen LogP contribution in [0.25, 0.3) is 0 Å². The lowest BCUT2D eigenvalue weighted by atomic mass is 9.96. The number of rotatable bonds is 10. The SMILES string of the molecule is COc1cc(C(=O)N2CCN(C(c3ccccc3)c3ccccc3)CC2)c(N(Cc2ccccc2)S(C)(=O)=O)cc1OC. The molecule has 43 heavy (non-hydrogen) atoms. The second kappa shape index (κ2) is 13.3. The molecule has 1 aliphatic heterocycles. The van der Waals surface area contributed by atoms with Gasteiger partial charge in [0, 0.05) is 32.2 Å². The highest BCUT2D eigenvalue weighted by Gasteiger charge is 2.32. The molecule has 0 saturated carbocycles. The first-order chi connectivity index (χ1) is 20.8. The van der Waals surface area contributed by atoms with Gasteiger partial charge in [0.05, 0.1) is 44.3 Å². The Labute approximate surface area is 254 Å². The zero-order valence-corrected chi connectivity index (χ0v) is 25.5. The second-order valence-corrected chi connectivity index (χ2v) is 12.4. The molecule has 8 nitrogen and oxygen atoms in total. The number of piperazine rings is 1. The molecule has 0 spiro atoms. The van der Waals surface area contributed by atoms with Crippen LogP contribution in [0.15, 0.2) is 103 Å². The summed E-state index contributed by atoms with van der Waals surface area (Å²) in [6, 6.07) is 33.3. The van der Waals surface area contributed by atoms with E-state index in [1.54, 1.807) is 17.0 Å². The van der Waals surface area contributed by atoms with E-state index in [4.69, 9.17) is 9.47 Å². The average molecular weight is 600 g/mol. The Morgan fingerprint density at radius 1 is 0.767 bits per heavy atom. The third-order valence-electron chi connectivity index (χ3n) is 7.77. The highest BCUT2D eigenvalue weighted by molar-refractivity contribution is 7.92. The molecule has 0 N–H and O–H groups in total. The van der Waals surface area contributed by atoms with E-state index in [2.05, 4.69) is 29.2 Å². The van der Waals surface area contributed by atoms with Gasteiger partial charge < -0.3 is 14.4 Å². The van der Waals surface area contributed by atoms with Crippen LogP contribution in [0.3, 0.4) is 0 Å². The first kappa shape index (κ1) is 30.1. The van der Waals surface area contributed by atoms with Crippen molar-refractivity contribution in [2.45, 2.75) is 12.6 Å². The lowest BCUT2D eigenvalue weighted by Gasteiger charge is -2.40. The Hall–Kier alpha value is -4.34. The highest BCUT2D eigenvalue weighted by Crippen LogP contribution is 2.38. The number of hydrogen-bond donors (Lipinski definition) is 0. The maximum atomic E-state index is 14.2. The highest BCUT2D eigenvalue weighted by atomic mass is 32.2. The third kappa shape index (κ3) is 6.84. The van der Waals surface area contributed by atoms with E-state index in [0.29, 0.717) is 37.7 Å². The van der Waals surface area contributed by atoms with Crippen molar-refractivity contribution >= 4 is 21.6 Å². The third-order valence-corrected chi connectivity index (χ3v) is 8.89. The summed E-state index contributed by atoms with van der Waals surface area (Å²) in [5.74, 6) is 0.442. The van der Waals surface area contributed by atoms with Crippen molar-refractivity contribution in [3.63, 3.8) is 0 Å². The number of nitrogens with zero attached hydrogens (tertiary/aromatic N) is 3. The van der Waals surface area contributed by atoms with Crippen LogP contribution in [0, 0.1) is 0 Å². The molecule has 0 aromatic heterocycles. The maximum Gasteiger partial charge on any atom is 0.256 e. The fourth-order valence-corrected chi connectivity index (χ4v) is 6.51. The van der Waals surface area contributed by atoms with Crippen LogP contribution in [0.4, 0.5) is 5.69 Å². The van der Waals surface area contributed by atoms with Crippen molar-refractivity contribution in [3.8, 4) is 11.5 Å². The summed E-state index contributed by atoms with van der Waals surface area (Å²) in [6.07, 6.45) is 1.15. The Kier molecular flexibility index (Phi) is 9.33. The number of methoxy groups -OCH3 is 2. The van der Waals surface area contributed by atoms with Gasteiger partial charge >= 0.3 is 0 Å². The number of benzene rings is 4. The van der Waals surface area contributed by atoms with Gasteiger partial charge in [0.1, 0.15) is 0 Å². The predicted molar refractivity (Wildman–Crippen MR) is 169 cm³/mol. The maximum absolute atomic E-state index is 14.2. The molecule has 5 rings (SSSR count). The van der Waals surface area contributed by atoms with Crippen molar-refractivity contribution in [2.75, 3.05) is 51.0 Å². The Bertz CT molecular complexity index is 1590. The summed E-state index contributed by atoms with van der Waals surface area (Å²) in [7, 11) is -0.788. The molecule has 4 aromatic rings. The quantitative estimate of drug-likeness (QED) is 0.249. The van der Waals surface area contributed by atoms with E-state index in [0.717, 1.165) is 11.8 Å². The van der Waals surface area contributed by atoms with E-state index >= 15 is 0 Å². The van der Waals surface area contributed by atoms with Gasteiger partial charge in [-0.2, -0.15) is 0 Å². The van der Waals surface area contributed by atoms with Crippen molar-refractivity contribution in [1.82, 2.24) is 9.80 Å². The van der Waals surface area contributed by atoms with Crippen LogP contribution in [-0.2, 0) is 16.6 Å². The summed E-state index contributed by atoms with van der Waals surface area (Å²) in [6.45, 7) is 2.35. The lowest BCUT2D eigenvalue weighted by molar-refractivity contribution is 0.0597. The molecule has 0 atom stereocenters. The van der Waals surface area contributed by atoms with Crippen molar-refractivity contribution in [2.24, 2.45) is 0 Å². The van der Waals surface area contributed by atoms with Crippen LogP contribution in [0.5, 0.6) is 11.5 Å². The number of hydrogen-bond acceptors (Lipinski definition) is 6. The molecule has 1 fully saturated rings. The predicted octanol–water partition coefficient (Wildman–Crippen LogP) is 5.22. The van der Waals surface area contributed by atoms with E-state index in [9.17, 15) is 13.2 Å². The first-order valence-corrected chi connectivity index (χ1v) is 16.1. The molecule has 0 unspecified atom stereocenters. The zero-order chi connectivity index (χ0) is 30.4. The van der Waals surface area contributed by atoms with Gasteiger partial charge in [-0.05, 0) is 22.8 Å². The number of anilines is 1. The number of carbonyl (C=O) groups excluding carboxylic acids is 1. The van der Waals surface area contributed by atoms with Gasteiger partial charge in [-0.1, -0.05) is 91.0 Å². The van der Waals surface area contributed by atoms with Crippen LogP contribution in [0.1, 0.15) is 33.1 Å².